The third kappa shape index (κ3) is 64.9. The number of ether oxygens (including phenoxy) is 9. The van der Waals surface area contributed by atoms with Crippen LogP contribution in [0.25, 0.3) is 0 Å². The van der Waals surface area contributed by atoms with Crippen molar-refractivity contribution in [3.63, 3.8) is 0 Å². The number of nitrogens with one attached hydrogen (secondary N) is 4. The van der Waals surface area contributed by atoms with Crippen molar-refractivity contribution in [2.75, 3.05) is 69.0 Å². The molecule has 149 heavy (non-hydrogen) atoms. The van der Waals surface area contributed by atoms with Gasteiger partial charge in [0.15, 0.2) is 23.1 Å². The van der Waals surface area contributed by atoms with E-state index >= 15 is 0 Å². The molecule has 4 unspecified atom stereocenters. The highest BCUT2D eigenvalue weighted by Crippen LogP contribution is 2.36. The Kier molecular flexibility index (Phi) is 65.0. The first-order valence-corrected chi connectivity index (χ1v) is 52.4. The third-order valence-corrected chi connectivity index (χ3v) is 24.0. The molecule has 1 aromatic carbocycles. The third-order valence-electron chi connectivity index (χ3n) is 24.0. The fourth-order valence-corrected chi connectivity index (χ4v) is 14.5. The van der Waals surface area contributed by atoms with Gasteiger partial charge >= 0.3 is 54.2 Å². The Morgan fingerprint density at radius 3 is 0.966 bits per heavy atom. The van der Waals surface area contributed by atoms with Gasteiger partial charge in [0.1, 0.15) is 40.3 Å². The lowest BCUT2D eigenvalue weighted by Gasteiger charge is -2.33. The predicted octanol–water partition coefficient (Wildman–Crippen LogP) is 23.1. The van der Waals surface area contributed by atoms with E-state index in [1.54, 1.807) is 24.0 Å². The van der Waals surface area contributed by atoms with E-state index in [4.69, 9.17) is 21.1 Å². The average molecular weight is 2120 g/mol. The maximum Gasteiger partial charge on any atom is 0.407 e. The Balaban J connectivity index is -0.000000401. The maximum absolute atomic E-state index is 12.5. The standard InChI is InChI=1S/C17H24O3.C15H28O3.C14H26N2O3.C14H25NO3.C13H24O3.C12H22O3.2C11H21NO3.C10H18O3/c1-12(2)14(16(19)17(3,4)5)11-15(18)20-13-9-7-6-8-10-13;1-10(2)11(13(17)14(3,4)5)9-12(16)18-15(6,7)8;1-10(2)11(12(17)14(3,4)5)15-13(18)16-6-8-19-9-7-16;1-14(2,3)12(16)11(15-13(17)18-4)10-8-6-5-7-9-10;1-7-9(2)10(8-11(14)16-6)12(15)13(3,4)5;1-8(2)9(7-10(13)15-6)11(14)12(3,4)5;2*1-7(2)8(12-10(14)15-6)9(13)11(3,4)5;1-7(6-8(11)13-5)9(12)10(2,3)4/h6-10,12,14H,11H2,1-5H3;10-11H,9H2,1-8H3;10-11H,6-9H2,1-5H3,(H,15,18);10-11H,5-9H2,1-4H3,(H,15,17);9-10H,7-8H2,1-6H3;8-9H,7H2,1-6H3;2*7-8H,1-6H3,(H,12,14);7H,6H2,1-5H3/t14-;11-;;11-;9?,10-;9-;8-;;7-/m00.0000.1/s1/i;;;;;1D3,8D,9D;;;/t;;;;;8?,9-;;;. The topological polar surface area (TPSA) is 442 Å². The summed E-state index contributed by atoms with van der Waals surface area (Å²) in [5.41, 5.74) is -5.01. The molecule has 4 N–H and O–H groups in total. The van der Waals surface area contributed by atoms with E-state index in [0.29, 0.717) is 32.1 Å². The molecule has 1 aliphatic carbocycles. The number of rotatable bonds is 33. The van der Waals surface area contributed by atoms with Crippen LogP contribution in [0.1, 0.15) is 389 Å². The molecular formula is C117H209N5O27. The van der Waals surface area contributed by atoms with E-state index in [1.165, 1.54) is 62.7 Å². The van der Waals surface area contributed by atoms with Crippen LogP contribution in [0.2, 0.25) is 0 Å². The van der Waals surface area contributed by atoms with Gasteiger partial charge in [-0.2, -0.15) is 0 Å². The lowest BCUT2D eigenvalue weighted by molar-refractivity contribution is -0.158. The molecule has 3 rings (SSSR count). The van der Waals surface area contributed by atoms with Crippen molar-refractivity contribution in [3.8, 4) is 5.75 Å². The fraction of sp³-hybridized carbons (Fsp3) is 0.795. The highest BCUT2D eigenvalue weighted by Gasteiger charge is 2.43. The summed E-state index contributed by atoms with van der Waals surface area (Å²) in [5, 5.41) is 10.7. The van der Waals surface area contributed by atoms with Crippen molar-refractivity contribution in [1.82, 2.24) is 26.2 Å². The van der Waals surface area contributed by atoms with Gasteiger partial charge in [-0.15, -0.1) is 0 Å². The van der Waals surface area contributed by atoms with Gasteiger partial charge in [-0.05, 0) is 93.1 Å². The van der Waals surface area contributed by atoms with Gasteiger partial charge in [-0.25, -0.2) is 19.2 Å². The second kappa shape index (κ2) is 69.3. The molecule has 1 aromatic rings. The first-order chi connectivity index (χ1) is 69.2. The number of benzene rings is 1. The van der Waals surface area contributed by atoms with Gasteiger partial charge < -0.3 is 68.8 Å². The Morgan fingerprint density at radius 1 is 0.356 bits per heavy atom. The Morgan fingerprint density at radius 2 is 0.664 bits per heavy atom. The molecule has 864 valence electrons. The summed E-state index contributed by atoms with van der Waals surface area (Å²) >= 11 is 0. The Labute approximate surface area is 906 Å². The summed E-state index contributed by atoms with van der Waals surface area (Å²) in [4.78, 5) is 215. The number of para-hydroxylation sites is 1. The highest BCUT2D eigenvalue weighted by atomic mass is 16.6. The number of carbonyl (C=O) groups excluding carboxylic acids is 18. The van der Waals surface area contributed by atoms with Crippen molar-refractivity contribution >= 4 is 106 Å². The summed E-state index contributed by atoms with van der Waals surface area (Å²) in [6.07, 6.45) is 4.69. The van der Waals surface area contributed by atoms with Gasteiger partial charge in [0.25, 0.3) is 0 Å². The molecule has 32 nitrogen and oxygen atoms in total. The molecule has 2 aliphatic rings. The van der Waals surface area contributed by atoms with Crippen LogP contribution in [0.5, 0.6) is 5.75 Å². The molecule has 2 fully saturated rings. The number of nitrogens with zero attached hydrogens (tertiary/aromatic N) is 1. The molecule has 11 atom stereocenters. The molecule has 32 heteroatoms. The predicted molar refractivity (Wildman–Crippen MR) is 588 cm³/mol. The van der Waals surface area contributed by atoms with Gasteiger partial charge in [0.05, 0.1) is 112 Å². The van der Waals surface area contributed by atoms with Crippen molar-refractivity contribution in [3.05, 3.63) is 30.3 Å². The Bertz CT molecular complexity index is 4450. The molecule has 0 radical (unpaired) electrons. The number of morpholine rings is 1. The van der Waals surface area contributed by atoms with Crippen LogP contribution >= 0.6 is 0 Å². The largest absolute Gasteiger partial charge is 0.469 e. The number of ketones is 9. The zero-order chi connectivity index (χ0) is 123. The van der Waals surface area contributed by atoms with E-state index in [9.17, 15) is 86.3 Å². The number of Topliss-reactive ketones (excluding diaryl/α,β-unsaturated/α-hetero) is 9. The average Bonchev–Trinajstić information content (AvgIpc) is 0.737. The Hall–Kier alpha value is -9.36. The first-order valence-electron chi connectivity index (χ1n) is 54.9. The van der Waals surface area contributed by atoms with E-state index in [2.05, 4.69) is 49.7 Å². The van der Waals surface area contributed by atoms with Crippen LogP contribution in [0.3, 0.4) is 0 Å². The molecule has 1 saturated heterocycles. The van der Waals surface area contributed by atoms with E-state index < -0.39 is 128 Å². The second-order valence-corrected chi connectivity index (χ2v) is 50.3. The summed E-state index contributed by atoms with van der Waals surface area (Å²) in [6, 6.07) is 6.95. The van der Waals surface area contributed by atoms with Crippen molar-refractivity contribution in [2.24, 2.45) is 126 Å². The number of alkyl carbamates (subject to hydrolysis) is 3. The number of carbonyl (C=O) groups is 18. The molecular weight excluding hydrogens is 1910 g/mol. The molecule has 0 spiro atoms. The first kappa shape index (κ1) is 140. The normalized spacial score (nSPS) is 16.3. The quantitative estimate of drug-likeness (QED) is 0.0288. The number of urea groups is 1. The SMILES string of the molecule is CC(C)C(NC(=O)N1CCOCC1)C(=O)C(C)(C)C.CC(C)[C@H](CC(=O)OC(C)(C)C)C(=O)C(C)(C)C.CC(C)[C@H](CC(=O)Oc1ccccc1)C(=O)C(C)(C)C.CCC(C)[C@H](CC(=O)OC)C(=O)C(C)(C)C.COC(=O)C[C@@H](C)C(=O)C(C)(C)C.COC(=O)NC(C(=O)C(C)(C)C)C(C)C.COC(=O)N[C@H](C(=O)C(C)(C)C)C(C)C.COC(=O)N[C@H](C(=O)C(C)(C)C)C1CCCCC1.[2H]C([2H])([2H])C([2H])(C)[C@]([2H])(CC(=O)OC)C(=O)C(C)(C)C. The minimum absolute atomic E-state index is 0.0166. The minimum Gasteiger partial charge on any atom is -0.469 e. The number of hydrogen-bond acceptors (Lipinski definition) is 27. The van der Waals surface area contributed by atoms with Crippen LogP contribution < -0.4 is 26.0 Å². The van der Waals surface area contributed by atoms with Crippen LogP contribution in [0.4, 0.5) is 19.2 Å². The maximum atomic E-state index is 12.5. The molecule has 0 aromatic heterocycles. The number of methoxy groups -OCH3 is 6. The van der Waals surface area contributed by atoms with Gasteiger partial charge in [0.2, 0.25) is 0 Å². The number of amides is 5. The highest BCUT2D eigenvalue weighted by molar-refractivity contribution is 5.96. The van der Waals surface area contributed by atoms with Gasteiger partial charge in [-0.3, -0.25) is 67.1 Å². The minimum atomic E-state index is -2.89. The number of esters is 5. The summed E-state index contributed by atoms with van der Waals surface area (Å²) < 4.78 is 81.5. The lowest BCUT2D eigenvalue weighted by Crippen LogP contribution is -2.54. The monoisotopic (exact) mass is 2120 g/mol. The smallest absolute Gasteiger partial charge is 0.407 e. The van der Waals surface area contributed by atoms with Crippen molar-refractivity contribution < 1.29 is 136 Å². The molecule has 5 amide bonds. The molecule has 0 bridgehead atoms. The number of hydrogen-bond donors (Lipinski definition) is 4. The van der Waals surface area contributed by atoms with Gasteiger partial charge in [-0.1, -0.05) is 335 Å². The van der Waals surface area contributed by atoms with E-state index in [-0.39, 0.29) is 172 Å². The zero-order valence-corrected chi connectivity index (χ0v) is 102. The fourth-order valence-electron chi connectivity index (χ4n) is 14.5. The van der Waals surface area contributed by atoms with Crippen LogP contribution in [-0.4, -0.2) is 210 Å². The second-order valence-electron chi connectivity index (χ2n) is 50.3. The molecule has 1 aliphatic heterocycles. The summed E-state index contributed by atoms with van der Waals surface area (Å²) in [6.45, 7) is 80.5. The van der Waals surface area contributed by atoms with Crippen molar-refractivity contribution in [1.29, 1.82) is 0 Å². The summed E-state index contributed by atoms with van der Waals surface area (Å²) in [7, 11) is 7.67. The lowest BCUT2D eigenvalue weighted by atomic mass is 9.75. The van der Waals surface area contributed by atoms with Crippen LogP contribution in [-0.2, 0) is 105 Å². The van der Waals surface area contributed by atoms with Crippen LogP contribution in [0.15, 0.2) is 30.3 Å². The van der Waals surface area contributed by atoms with Gasteiger partial charge in [0, 0.05) is 98.2 Å². The zero-order valence-electron chi connectivity index (χ0n) is 107. The van der Waals surface area contributed by atoms with E-state index in [0.717, 1.165) is 46.1 Å². The van der Waals surface area contributed by atoms with Crippen molar-refractivity contribution in [2.45, 2.75) is 412 Å². The van der Waals surface area contributed by atoms with E-state index in [1.807, 2.05) is 288 Å². The summed E-state index contributed by atoms with van der Waals surface area (Å²) in [5.74, 6) is -6.72. The van der Waals surface area contributed by atoms with Crippen LogP contribution in [0, 0.1) is 126 Å². The molecule has 1 saturated carbocycles. The molecule has 1 heterocycles.